The molecule has 0 aliphatic carbocycles. The first-order valence-corrected chi connectivity index (χ1v) is 9.21. The molecule has 0 fully saturated rings. The minimum absolute atomic E-state index is 0.215. The molecule has 0 saturated heterocycles. The number of hydrogen-bond acceptors (Lipinski definition) is 7. The van der Waals surface area contributed by atoms with Crippen molar-refractivity contribution in [1.29, 1.82) is 0 Å². The maximum atomic E-state index is 13.8. The number of anilines is 1. The number of hydrogen-bond donors (Lipinski definition) is 3. The Morgan fingerprint density at radius 1 is 1.11 bits per heavy atom. The van der Waals surface area contributed by atoms with E-state index in [0.717, 1.165) is 12.1 Å². The molecule has 4 rings (SSSR count). The summed E-state index contributed by atoms with van der Waals surface area (Å²) in [5.74, 6) is -1.68. The molecule has 1 aromatic carbocycles. The molecule has 0 atom stereocenters. The van der Waals surface area contributed by atoms with E-state index in [1.807, 2.05) is 16.0 Å². The highest BCUT2D eigenvalue weighted by molar-refractivity contribution is 7.15. The normalized spacial score (nSPS) is 11.5. The maximum absolute atomic E-state index is 13.8. The van der Waals surface area contributed by atoms with Gasteiger partial charge in [0.2, 0.25) is 5.95 Å². The van der Waals surface area contributed by atoms with Gasteiger partial charge in [-0.25, -0.2) is 23.7 Å². The van der Waals surface area contributed by atoms with Crippen LogP contribution in [0.5, 0.6) is 0 Å². The molecular weight excluding hydrogens is 388 g/mol. The summed E-state index contributed by atoms with van der Waals surface area (Å²) in [6.07, 6.45) is 3.34. The number of thiazole rings is 1. The first-order valence-electron chi connectivity index (χ1n) is 8.33. The van der Waals surface area contributed by atoms with E-state index in [1.165, 1.54) is 23.6 Å². The Morgan fingerprint density at radius 3 is 2.68 bits per heavy atom. The number of imidazole rings is 1. The Morgan fingerprint density at radius 2 is 1.93 bits per heavy atom. The molecule has 3 aromatic heterocycles. The van der Waals surface area contributed by atoms with Gasteiger partial charge in [0.1, 0.15) is 5.69 Å². The summed E-state index contributed by atoms with van der Waals surface area (Å²) in [5.41, 5.74) is 1.97. The molecule has 3 N–H and O–H groups in total. The summed E-state index contributed by atoms with van der Waals surface area (Å²) in [6.45, 7) is -0.572. The van der Waals surface area contributed by atoms with E-state index in [-0.39, 0.29) is 19.2 Å². The molecule has 28 heavy (non-hydrogen) atoms. The molecule has 0 aliphatic rings. The zero-order valence-corrected chi connectivity index (χ0v) is 15.2. The van der Waals surface area contributed by atoms with Gasteiger partial charge in [0.15, 0.2) is 16.6 Å². The van der Waals surface area contributed by atoms with Gasteiger partial charge in [-0.3, -0.25) is 4.40 Å². The van der Waals surface area contributed by atoms with Crippen LogP contribution in [0.3, 0.4) is 0 Å². The first-order chi connectivity index (χ1) is 13.6. The third kappa shape index (κ3) is 3.33. The number of nitrogens with zero attached hydrogens (tertiary/aromatic N) is 4. The number of nitrogens with one attached hydrogen (secondary N) is 1. The quantitative estimate of drug-likeness (QED) is 0.458. The first kappa shape index (κ1) is 18.4. The number of benzene rings is 1. The van der Waals surface area contributed by atoms with E-state index < -0.39 is 17.7 Å². The lowest BCUT2D eigenvalue weighted by Crippen LogP contribution is -2.28. The molecule has 3 heterocycles. The number of fused-ring (bicyclic) bond motifs is 1. The number of aromatic nitrogens is 4. The molecular formula is C18H15F2N5O2S. The molecule has 0 amide bonds. The fraction of sp³-hybridized carbons (Fsp3) is 0.167. The van der Waals surface area contributed by atoms with Gasteiger partial charge in [-0.05, 0) is 24.3 Å². The van der Waals surface area contributed by atoms with E-state index in [2.05, 4.69) is 20.3 Å². The van der Waals surface area contributed by atoms with Crippen molar-refractivity contribution in [2.75, 3.05) is 18.5 Å². The fourth-order valence-corrected chi connectivity index (χ4v) is 3.48. The van der Waals surface area contributed by atoms with Crippen LogP contribution in [0.1, 0.15) is 0 Å². The second-order valence-electron chi connectivity index (χ2n) is 5.97. The third-order valence-corrected chi connectivity index (χ3v) is 4.88. The molecule has 0 bridgehead atoms. The fourth-order valence-electron chi connectivity index (χ4n) is 2.77. The third-order valence-electron chi connectivity index (χ3n) is 4.13. The Hall–Kier alpha value is -2.95. The topological polar surface area (TPSA) is 95.6 Å². The van der Waals surface area contributed by atoms with Crippen molar-refractivity contribution in [3.05, 3.63) is 53.7 Å². The molecule has 144 valence electrons. The average Bonchev–Trinajstić information content (AvgIpc) is 3.29. The van der Waals surface area contributed by atoms with Gasteiger partial charge in [-0.2, -0.15) is 0 Å². The Bertz CT molecular complexity index is 1130. The van der Waals surface area contributed by atoms with Crippen molar-refractivity contribution in [3.8, 4) is 22.6 Å². The molecule has 0 unspecified atom stereocenters. The predicted molar refractivity (Wildman–Crippen MR) is 101 cm³/mol. The van der Waals surface area contributed by atoms with E-state index in [9.17, 15) is 19.0 Å². The minimum Gasteiger partial charge on any atom is -0.394 e. The molecule has 0 radical (unpaired) electrons. The van der Waals surface area contributed by atoms with Gasteiger partial charge in [-0.1, -0.05) is 0 Å². The van der Waals surface area contributed by atoms with E-state index in [0.29, 0.717) is 27.6 Å². The number of aliphatic hydroxyl groups is 2. The van der Waals surface area contributed by atoms with Crippen molar-refractivity contribution in [2.24, 2.45) is 0 Å². The number of halogens is 2. The van der Waals surface area contributed by atoms with Crippen LogP contribution in [0.4, 0.5) is 14.7 Å². The van der Waals surface area contributed by atoms with E-state index >= 15 is 0 Å². The standard InChI is InChI=1S/C18H15F2N5O2S/c19-12-2-1-10(7-13(12)20)15-16(25-5-6-28-18(25)24-15)14-3-4-21-17(23-14)22-11(8-26)9-27/h1-7,11,26-27H,8-9H2,(H,21,22,23). The summed E-state index contributed by atoms with van der Waals surface area (Å²) in [4.78, 5) is 13.8. The lowest BCUT2D eigenvalue weighted by Gasteiger charge is -2.13. The van der Waals surface area contributed by atoms with Crippen LogP contribution in [-0.4, -0.2) is 48.8 Å². The Kier molecular flexibility index (Phi) is 4.99. The van der Waals surface area contributed by atoms with Crippen molar-refractivity contribution in [3.63, 3.8) is 0 Å². The summed E-state index contributed by atoms with van der Waals surface area (Å²) < 4.78 is 28.9. The SMILES string of the molecule is OCC(CO)Nc1nccc(-c2c(-c3ccc(F)c(F)c3)nc3sccn23)n1. The molecule has 0 aliphatic heterocycles. The second kappa shape index (κ2) is 7.58. The predicted octanol–water partition coefficient (Wildman–Crippen LogP) is 2.56. The lowest BCUT2D eigenvalue weighted by molar-refractivity contribution is 0.203. The largest absolute Gasteiger partial charge is 0.394 e. The second-order valence-corrected chi connectivity index (χ2v) is 6.84. The van der Waals surface area contributed by atoms with Crippen molar-refractivity contribution in [2.45, 2.75) is 6.04 Å². The Balaban J connectivity index is 1.84. The van der Waals surface area contributed by atoms with Crippen LogP contribution in [0.25, 0.3) is 27.6 Å². The molecule has 4 aromatic rings. The Labute approximate surface area is 162 Å². The highest BCUT2D eigenvalue weighted by Gasteiger charge is 2.20. The van der Waals surface area contributed by atoms with Crippen molar-refractivity contribution < 1.29 is 19.0 Å². The van der Waals surface area contributed by atoms with Crippen LogP contribution >= 0.6 is 11.3 Å². The van der Waals surface area contributed by atoms with Gasteiger partial charge < -0.3 is 15.5 Å². The van der Waals surface area contributed by atoms with Crippen LogP contribution in [0, 0.1) is 11.6 Å². The molecule has 0 spiro atoms. The van der Waals surface area contributed by atoms with Crippen molar-refractivity contribution >= 4 is 22.2 Å². The van der Waals surface area contributed by atoms with Gasteiger partial charge in [0, 0.05) is 23.3 Å². The van der Waals surface area contributed by atoms with Gasteiger partial charge in [0.05, 0.1) is 30.6 Å². The highest BCUT2D eigenvalue weighted by atomic mass is 32.1. The number of rotatable bonds is 6. The van der Waals surface area contributed by atoms with Crippen LogP contribution < -0.4 is 5.32 Å². The molecule has 0 saturated carbocycles. The smallest absolute Gasteiger partial charge is 0.223 e. The highest BCUT2D eigenvalue weighted by Crippen LogP contribution is 2.34. The summed E-state index contributed by atoms with van der Waals surface area (Å²) in [6, 6.07) is 4.68. The van der Waals surface area contributed by atoms with Gasteiger partial charge in [-0.15, -0.1) is 11.3 Å². The minimum atomic E-state index is -0.960. The monoisotopic (exact) mass is 403 g/mol. The van der Waals surface area contributed by atoms with Crippen LogP contribution in [-0.2, 0) is 0 Å². The summed E-state index contributed by atoms with van der Waals surface area (Å²) >= 11 is 1.40. The zero-order chi connectivity index (χ0) is 19.7. The van der Waals surface area contributed by atoms with Gasteiger partial charge in [0.25, 0.3) is 0 Å². The van der Waals surface area contributed by atoms with E-state index in [1.54, 1.807) is 6.07 Å². The number of aliphatic hydroxyl groups excluding tert-OH is 2. The van der Waals surface area contributed by atoms with Crippen molar-refractivity contribution in [1.82, 2.24) is 19.4 Å². The summed E-state index contributed by atoms with van der Waals surface area (Å²) in [5, 5.41) is 23.2. The molecule has 10 heteroatoms. The van der Waals surface area contributed by atoms with Gasteiger partial charge >= 0.3 is 0 Å². The lowest BCUT2D eigenvalue weighted by atomic mass is 10.1. The average molecular weight is 403 g/mol. The molecule has 7 nitrogen and oxygen atoms in total. The summed E-state index contributed by atoms with van der Waals surface area (Å²) in [7, 11) is 0. The zero-order valence-electron chi connectivity index (χ0n) is 14.4. The van der Waals surface area contributed by atoms with E-state index in [4.69, 9.17) is 0 Å². The van der Waals surface area contributed by atoms with Crippen LogP contribution in [0.15, 0.2) is 42.0 Å². The maximum Gasteiger partial charge on any atom is 0.223 e. The van der Waals surface area contributed by atoms with Crippen LogP contribution in [0.2, 0.25) is 0 Å².